The summed E-state index contributed by atoms with van der Waals surface area (Å²) in [7, 11) is 0. The van der Waals surface area contributed by atoms with Crippen LogP contribution in [0.5, 0.6) is 0 Å². The van der Waals surface area contributed by atoms with E-state index in [2.05, 4.69) is 358 Å². The van der Waals surface area contributed by atoms with Crippen molar-refractivity contribution in [2.24, 2.45) is 0 Å². The molecule has 18 rings (SSSR count). The molecule has 3 heterocycles. The standard InChI is InChI=1S/C86H56N4/c1-4-20-63(21-5-1)87-81-35-19-16-32-75(81)78-54-60(44-51-84(78)87)59-38-36-57(37-39-59)58-40-45-66(46-41-58)88(82-52-49-67(69-26-10-12-28-71(69)82)61-42-47-76-73-30-14-17-33-79(73)89(85(76)55-61)64-22-6-2-7-23-64)83-53-50-68(70-27-11-13-29-72(70)83)62-43-48-77-74-31-15-18-34-80(74)90(86(77)56-62)65-24-8-3-9-25-65/h1-56H. The lowest BCUT2D eigenvalue weighted by Crippen LogP contribution is -2.11. The van der Waals surface area contributed by atoms with Crippen LogP contribution in [0.25, 0.3) is 149 Å². The Hall–Kier alpha value is -12.0. The van der Waals surface area contributed by atoms with Gasteiger partial charge in [-0.15, -0.1) is 0 Å². The Morgan fingerprint density at radius 3 is 0.933 bits per heavy atom. The van der Waals surface area contributed by atoms with Crippen LogP contribution in [-0.2, 0) is 0 Å². The molecule has 0 amide bonds. The smallest absolute Gasteiger partial charge is 0.0547 e. The molecule has 4 nitrogen and oxygen atoms in total. The van der Waals surface area contributed by atoms with E-state index in [1.54, 1.807) is 0 Å². The highest BCUT2D eigenvalue weighted by atomic mass is 15.1. The van der Waals surface area contributed by atoms with Gasteiger partial charge in [-0.2, -0.15) is 0 Å². The second-order valence-corrected chi connectivity index (χ2v) is 23.6. The predicted molar refractivity (Wildman–Crippen MR) is 381 cm³/mol. The zero-order chi connectivity index (χ0) is 59.2. The largest absolute Gasteiger partial charge is 0.309 e. The molecule has 90 heavy (non-hydrogen) atoms. The summed E-state index contributed by atoms with van der Waals surface area (Å²) in [5.74, 6) is 0. The van der Waals surface area contributed by atoms with Gasteiger partial charge >= 0.3 is 0 Å². The maximum Gasteiger partial charge on any atom is 0.0547 e. The average molecular weight is 1150 g/mol. The van der Waals surface area contributed by atoms with Crippen molar-refractivity contribution < 1.29 is 0 Å². The molecule has 0 N–H and O–H groups in total. The lowest BCUT2D eigenvalue weighted by molar-refractivity contribution is 1.18. The summed E-state index contributed by atoms with van der Waals surface area (Å²) in [6.07, 6.45) is 0. The number of hydrogen-bond acceptors (Lipinski definition) is 1. The number of fused-ring (bicyclic) bond motifs is 11. The van der Waals surface area contributed by atoms with Crippen LogP contribution in [0, 0.1) is 0 Å². The Labute approximate surface area is 520 Å². The first-order chi connectivity index (χ1) is 44.7. The SMILES string of the molecule is c1ccc(-n2c3ccccc3c3cc(-c4ccc(-c5ccc(N(c6ccc(-c7ccc8c9ccccc9n(-c9ccccc9)c8c7)c7ccccc67)c6ccc(-c7ccc8c9ccccc9n(-c9ccccc9)c8c7)c7ccccc67)cc5)cc4)ccc32)cc1. The fourth-order valence-electron chi connectivity index (χ4n) is 14.5. The molecular weight excluding hydrogens is 1090 g/mol. The quantitative estimate of drug-likeness (QED) is 0.133. The van der Waals surface area contributed by atoms with Gasteiger partial charge in [-0.3, -0.25) is 0 Å². The third kappa shape index (κ3) is 8.23. The normalized spacial score (nSPS) is 11.8. The molecule has 4 heteroatoms. The number of para-hydroxylation sites is 6. The van der Waals surface area contributed by atoms with Gasteiger partial charge in [0.1, 0.15) is 0 Å². The highest BCUT2D eigenvalue weighted by Gasteiger charge is 2.23. The lowest BCUT2D eigenvalue weighted by Gasteiger charge is -2.29. The summed E-state index contributed by atoms with van der Waals surface area (Å²) in [5.41, 5.74) is 23.3. The summed E-state index contributed by atoms with van der Waals surface area (Å²) >= 11 is 0. The minimum absolute atomic E-state index is 1.07. The number of benzene rings is 15. The van der Waals surface area contributed by atoms with Crippen LogP contribution in [0.15, 0.2) is 340 Å². The summed E-state index contributed by atoms with van der Waals surface area (Å²) in [6.45, 7) is 0. The van der Waals surface area contributed by atoms with Crippen LogP contribution in [0.3, 0.4) is 0 Å². The van der Waals surface area contributed by atoms with Crippen molar-refractivity contribution in [2.75, 3.05) is 4.90 Å². The van der Waals surface area contributed by atoms with Gasteiger partial charge in [-0.1, -0.05) is 237 Å². The Balaban J connectivity index is 0.771. The third-order valence-corrected chi connectivity index (χ3v) is 18.6. The monoisotopic (exact) mass is 1140 g/mol. The van der Waals surface area contributed by atoms with Crippen LogP contribution >= 0.6 is 0 Å². The molecule has 0 saturated heterocycles. The molecule has 0 aliphatic rings. The van der Waals surface area contributed by atoms with E-state index in [1.807, 2.05) is 0 Å². The van der Waals surface area contributed by atoms with Crippen LogP contribution in [-0.4, -0.2) is 13.7 Å². The van der Waals surface area contributed by atoms with Gasteiger partial charge in [0.05, 0.1) is 44.5 Å². The molecule has 0 atom stereocenters. The van der Waals surface area contributed by atoms with Crippen LogP contribution in [0.4, 0.5) is 17.1 Å². The number of aromatic nitrogens is 3. The molecule has 0 fully saturated rings. The fraction of sp³-hybridized carbons (Fsp3) is 0. The second kappa shape index (κ2) is 20.9. The van der Waals surface area contributed by atoms with E-state index in [0.29, 0.717) is 0 Å². The van der Waals surface area contributed by atoms with E-state index in [-0.39, 0.29) is 0 Å². The van der Waals surface area contributed by atoms with E-state index < -0.39 is 0 Å². The molecule has 0 spiro atoms. The first-order valence-electron chi connectivity index (χ1n) is 31.0. The zero-order valence-electron chi connectivity index (χ0n) is 49.1. The first-order valence-corrected chi connectivity index (χ1v) is 31.0. The molecule has 3 aromatic heterocycles. The van der Waals surface area contributed by atoms with E-state index >= 15 is 0 Å². The Morgan fingerprint density at radius 1 is 0.178 bits per heavy atom. The molecule has 0 unspecified atom stereocenters. The maximum absolute atomic E-state index is 2.49. The van der Waals surface area contributed by atoms with Crippen molar-refractivity contribution in [3.8, 4) is 61.6 Å². The topological polar surface area (TPSA) is 18.0 Å². The molecular formula is C86H56N4. The molecule has 420 valence electrons. The van der Waals surface area contributed by atoms with Crippen molar-refractivity contribution in [1.29, 1.82) is 0 Å². The average Bonchev–Trinajstić information content (AvgIpc) is 1.52. The minimum atomic E-state index is 1.07. The number of rotatable bonds is 10. The summed E-state index contributed by atoms with van der Waals surface area (Å²) < 4.78 is 7.19. The Kier molecular flexibility index (Phi) is 11.9. The lowest BCUT2D eigenvalue weighted by atomic mass is 9.93. The van der Waals surface area contributed by atoms with Gasteiger partial charge in [0.2, 0.25) is 0 Å². The van der Waals surface area contributed by atoms with Crippen molar-refractivity contribution in [1.82, 2.24) is 13.7 Å². The molecule has 15 aromatic carbocycles. The van der Waals surface area contributed by atoms with Crippen LogP contribution in [0.2, 0.25) is 0 Å². The number of nitrogens with zero attached hydrogens (tertiary/aromatic N) is 4. The molecule has 0 saturated carbocycles. The summed E-state index contributed by atoms with van der Waals surface area (Å²) in [6, 6.07) is 125. The minimum Gasteiger partial charge on any atom is -0.309 e. The molecule has 0 aliphatic carbocycles. The van der Waals surface area contributed by atoms with Gasteiger partial charge < -0.3 is 18.6 Å². The highest BCUT2D eigenvalue weighted by Crippen LogP contribution is 2.48. The molecule has 0 aliphatic heterocycles. The van der Waals surface area contributed by atoms with Crippen LogP contribution in [0.1, 0.15) is 0 Å². The zero-order valence-corrected chi connectivity index (χ0v) is 49.1. The Morgan fingerprint density at radius 2 is 0.489 bits per heavy atom. The Bertz CT molecular complexity index is 5580. The van der Waals surface area contributed by atoms with Gasteiger partial charge in [0, 0.05) is 65.8 Å². The van der Waals surface area contributed by atoms with E-state index in [9.17, 15) is 0 Å². The summed E-state index contributed by atoms with van der Waals surface area (Å²) in [5, 5.41) is 12.1. The van der Waals surface area contributed by atoms with Gasteiger partial charge in [0.25, 0.3) is 0 Å². The van der Waals surface area contributed by atoms with Gasteiger partial charge in [-0.25, -0.2) is 0 Å². The van der Waals surface area contributed by atoms with E-state index in [4.69, 9.17) is 0 Å². The maximum atomic E-state index is 2.49. The number of anilines is 3. The third-order valence-electron chi connectivity index (χ3n) is 18.6. The van der Waals surface area contributed by atoms with Crippen molar-refractivity contribution in [3.63, 3.8) is 0 Å². The number of hydrogen-bond donors (Lipinski definition) is 0. The van der Waals surface area contributed by atoms with E-state index in [1.165, 1.54) is 110 Å². The molecule has 18 aromatic rings. The van der Waals surface area contributed by atoms with Crippen molar-refractivity contribution >= 4 is 104 Å². The molecule has 0 radical (unpaired) electrons. The van der Waals surface area contributed by atoms with Crippen molar-refractivity contribution in [3.05, 3.63) is 340 Å². The van der Waals surface area contributed by atoms with Gasteiger partial charge in [-0.05, 0) is 158 Å². The first kappa shape index (κ1) is 51.3. The summed E-state index contributed by atoms with van der Waals surface area (Å²) in [4.78, 5) is 2.49. The van der Waals surface area contributed by atoms with Crippen molar-refractivity contribution in [2.45, 2.75) is 0 Å². The fourth-order valence-corrected chi connectivity index (χ4v) is 14.5. The van der Waals surface area contributed by atoms with Crippen LogP contribution < -0.4 is 4.90 Å². The predicted octanol–water partition coefficient (Wildman–Crippen LogP) is 23.4. The highest BCUT2D eigenvalue weighted by molar-refractivity contribution is 6.16. The second-order valence-electron chi connectivity index (χ2n) is 23.6. The van der Waals surface area contributed by atoms with E-state index in [0.717, 1.165) is 56.0 Å². The molecule has 0 bridgehead atoms. The van der Waals surface area contributed by atoms with Gasteiger partial charge in [0.15, 0.2) is 0 Å².